The summed E-state index contributed by atoms with van der Waals surface area (Å²) >= 11 is 5.81. The molecule has 0 saturated carbocycles. The van der Waals surface area contributed by atoms with Crippen molar-refractivity contribution < 1.29 is 14.3 Å². The fraction of sp³-hybridized carbons (Fsp3) is 0.263. The average Bonchev–Trinajstić information content (AvgIpc) is 3.16. The fourth-order valence-electron chi connectivity index (χ4n) is 3.20. The first-order valence-corrected chi connectivity index (χ1v) is 8.28. The lowest BCUT2D eigenvalue weighted by Crippen LogP contribution is -2.13. The summed E-state index contributed by atoms with van der Waals surface area (Å²) in [5.74, 6) is -0.383. The van der Waals surface area contributed by atoms with Crippen LogP contribution in [-0.4, -0.2) is 36.2 Å². The number of rotatable bonds is 5. The normalized spacial score (nSPS) is 24.5. The van der Waals surface area contributed by atoms with Crippen molar-refractivity contribution in [3.63, 3.8) is 0 Å². The summed E-state index contributed by atoms with van der Waals surface area (Å²) < 4.78 is 5.81. The molecule has 5 heteroatoms. The maximum absolute atomic E-state index is 12.3. The second-order valence-electron chi connectivity index (χ2n) is 6.16. The van der Waals surface area contributed by atoms with Gasteiger partial charge in [-0.2, -0.15) is 0 Å². The number of ether oxygens (including phenoxy) is 1. The molecular formula is C19H16ClNO3. The highest BCUT2D eigenvalue weighted by Crippen LogP contribution is 2.47. The fourth-order valence-corrected chi connectivity index (χ4v) is 3.33. The van der Waals surface area contributed by atoms with E-state index in [1.165, 1.54) is 0 Å². The van der Waals surface area contributed by atoms with Crippen LogP contribution in [-0.2, 0) is 10.5 Å². The van der Waals surface area contributed by atoms with Gasteiger partial charge < -0.3 is 4.74 Å². The number of carbonyl (C=O) groups excluding carboxylic acids is 2. The zero-order valence-corrected chi connectivity index (χ0v) is 13.8. The molecule has 0 bridgehead atoms. The molecule has 122 valence electrons. The van der Waals surface area contributed by atoms with E-state index in [0.717, 1.165) is 25.3 Å². The largest absolute Gasteiger partial charge is 0.353 e. The first-order chi connectivity index (χ1) is 11.6. The summed E-state index contributed by atoms with van der Waals surface area (Å²) in [5.41, 5.74) is 1.85. The van der Waals surface area contributed by atoms with Gasteiger partial charge in [0.1, 0.15) is 0 Å². The van der Waals surface area contributed by atoms with Crippen LogP contribution in [0.1, 0.15) is 32.7 Å². The Balaban J connectivity index is 1.45. The topological polar surface area (TPSA) is 46.4 Å². The van der Waals surface area contributed by atoms with Crippen LogP contribution in [0.3, 0.4) is 0 Å². The maximum atomic E-state index is 12.3. The molecule has 2 aliphatic heterocycles. The Morgan fingerprint density at radius 1 is 1.00 bits per heavy atom. The maximum Gasteiger partial charge on any atom is 0.170 e. The Hall–Kier alpha value is -2.01. The molecule has 0 aliphatic carbocycles. The van der Waals surface area contributed by atoms with Crippen LogP contribution in [0.5, 0.6) is 0 Å². The third kappa shape index (κ3) is 2.67. The molecule has 2 unspecified atom stereocenters. The molecule has 2 aliphatic rings. The number of hydrogen-bond acceptors (Lipinski definition) is 4. The molecule has 4 rings (SSSR count). The summed E-state index contributed by atoms with van der Waals surface area (Å²) in [7, 11) is 0. The van der Waals surface area contributed by atoms with E-state index in [1.54, 1.807) is 36.4 Å². The number of nitrogens with zero attached hydrogens (tertiary/aromatic N) is 1. The quantitative estimate of drug-likeness (QED) is 0.475. The first-order valence-electron chi connectivity index (χ1n) is 7.90. The molecule has 2 saturated heterocycles. The Labute approximate surface area is 145 Å². The first kappa shape index (κ1) is 15.5. The smallest absolute Gasteiger partial charge is 0.170 e. The predicted octanol–water partition coefficient (Wildman–Crippen LogP) is 3.29. The Morgan fingerprint density at radius 3 is 2.08 bits per heavy atom. The Morgan fingerprint density at radius 2 is 1.58 bits per heavy atom. The highest BCUT2D eigenvalue weighted by atomic mass is 35.5. The number of carbonyl (C=O) groups is 2. The zero-order valence-electron chi connectivity index (χ0n) is 13.0. The summed E-state index contributed by atoms with van der Waals surface area (Å²) in [6, 6.07) is 14.0. The van der Waals surface area contributed by atoms with Gasteiger partial charge in [0.05, 0.1) is 13.0 Å². The van der Waals surface area contributed by atoms with Crippen LogP contribution in [0.25, 0.3) is 0 Å². The number of hydrogen-bond donors (Lipinski definition) is 0. The third-order valence-electron chi connectivity index (χ3n) is 4.66. The monoisotopic (exact) mass is 341 g/mol. The molecule has 0 N–H and O–H groups in total. The van der Waals surface area contributed by atoms with E-state index >= 15 is 0 Å². The van der Waals surface area contributed by atoms with Crippen LogP contribution in [0.2, 0.25) is 5.02 Å². The highest BCUT2D eigenvalue weighted by molar-refractivity contribution is 6.30. The van der Waals surface area contributed by atoms with Crippen LogP contribution < -0.4 is 0 Å². The van der Waals surface area contributed by atoms with Gasteiger partial charge in [-0.3, -0.25) is 14.5 Å². The van der Waals surface area contributed by atoms with E-state index in [9.17, 15) is 9.59 Å². The van der Waals surface area contributed by atoms with Gasteiger partial charge in [-0.15, -0.1) is 0 Å². The van der Waals surface area contributed by atoms with Gasteiger partial charge in [-0.05, 0) is 24.3 Å². The summed E-state index contributed by atoms with van der Waals surface area (Å²) in [6.45, 7) is 2.61. The number of morpholine rings is 1. The molecule has 0 aromatic heterocycles. The Bertz CT molecular complexity index is 800. The summed E-state index contributed by atoms with van der Waals surface area (Å²) in [6.07, 6.45) is -0.144. The van der Waals surface area contributed by atoms with E-state index in [4.69, 9.17) is 16.3 Å². The molecule has 24 heavy (non-hydrogen) atoms. The lowest BCUT2D eigenvalue weighted by atomic mass is 9.99. The van der Waals surface area contributed by atoms with Crippen molar-refractivity contribution in [1.82, 2.24) is 4.90 Å². The number of ketones is 2. The molecule has 0 spiro atoms. The van der Waals surface area contributed by atoms with Crippen molar-refractivity contribution in [3.05, 3.63) is 70.2 Å². The van der Waals surface area contributed by atoms with Crippen molar-refractivity contribution in [3.8, 4) is 0 Å². The van der Waals surface area contributed by atoms with E-state index in [2.05, 4.69) is 4.90 Å². The SMILES string of the molecule is O=C(CC(=O)c1ccc(C23CN2CCO3)cc1)c1ccc(Cl)cc1. The van der Waals surface area contributed by atoms with Gasteiger partial charge in [-0.25, -0.2) is 0 Å². The van der Waals surface area contributed by atoms with Crippen molar-refractivity contribution in [2.45, 2.75) is 12.1 Å². The molecule has 2 aromatic carbocycles. The van der Waals surface area contributed by atoms with Crippen molar-refractivity contribution in [1.29, 1.82) is 0 Å². The molecule has 2 heterocycles. The summed E-state index contributed by atoms with van der Waals surface area (Å²) in [5, 5.41) is 0.566. The molecule has 2 atom stereocenters. The molecule has 2 aromatic rings. The summed E-state index contributed by atoms with van der Waals surface area (Å²) in [4.78, 5) is 26.8. The van der Waals surface area contributed by atoms with E-state index in [0.29, 0.717) is 16.1 Å². The van der Waals surface area contributed by atoms with Crippen molar-refractivity contribution in [2.24, 2.45) is 0 Å². The van der Waals surface area contributed by atoms with Gasteiger partial charge >= 0.3 is 0 Å². The second kappa shape index (κ2) is 5.81. The van der Waals surface area contributed by atoms with Gasteiger partial charge in [0, 0.05) is 34.8 Å². The van der Waals surface area contributed by atoms with Gasteiger partial charge in [0.25, 0.3) is 0 Å². The van der Waals surface area contributed by atoms with Crippen molar-refractivity contribution >= 4 is 23.2 Å². The molecule has 4 nitrogen and oxygen atoms in total. The highest BCUT2D eigenvalue weighted by Gasteiger charge is 2.58. The minimum atomic E-state index is -0.263. The van der Waals surface area contributed by atoms with E-state index in [-0.39, 0.29) is 23.7 Å². The molecular weight excluding hydrogens is 326 g/mol. The number of Topliss-reactive ketones (excluding diaryl/α,β-unsaturated/α-hetero) is 2. The van der Waals surface area contributed by atoms with Crippen LogP contribution >= 0.6 is 11.6 Å². The minimum absolute atomic E-state index is 0.144. The third-order valence-corrected chi connectivity index (χ3v) is 4.91. The minimum Gasteiger partial charge on any atom is -0.353 e. The van der Waals surface area contributed by atoms with E-state index in [1.807, 2.05) is 12.1 Å². The van der Waals surface area contributed by atoms with Crippen LogP contribution in [0.15, 0.2) is 48.5 Å². The number of halogens is 1. The molecule has 0 amide bonds. The van der Waals surface area contributed by atoms with Gasteiger partial charge in [-0.1, -0.05) is 35.9 Å². The average molecular weight is 342 g/mol. The van der Waals surface area contributed by atoms with Crippen LogP contribution in [0.4, 0.5) is 0 Å². The predicted molar refractivity (Wildman–Crippen MR) is 90.4 cm³/mol. The standard InChI is InChI=1S/C19H16ClNO3/c20-16-7-3-14(4-8-16)18(23)11-17(22)13-1-5-15(6-2-13)19-12-21(19)9-10-24-19/h1-8H,9-12H2. The second-order valence-corrected chi connectivity index (χ2v) is 6.60. The molecule has 0 radical (unpaired) electrons. The van der Waals surface area contributed by atoms with Crippen LogP contribution in [0, 0.1) is 0 Å². The Kier molecular flexibility index (Phi) is 3.76. The molecule has 2 fully saturated rings. The van der Waals surface area contributed by atoms with Gasteiger partial charge in [0.15, 0.2) is 17.3 Å². The zero-order chi connectivity index (χ0) is 16.7. The van der Waals surface area contributed by atoms with Crippen molar-refractivity contribution in [2.75, 3.05) is 19.7 Å². The lowest BCUT2D eigenvalue weighted by molar-refractivity contribution is 0.0588. The number of benzene rings is 2. The number of fused-ring (bicyclic) bond motifs is 1. The van der Waals surface area contributed by atoms with E-state index < -0.39 is 0 Å². The van der Waals surface area contributed by atoms with Gasteiger partial charge in [0.2, 0.25) is 0 Å². The lowest BCUT2D eigenvalue weighted by Gasteiger charge is -2.11.